The molecule has 3 fully saturated rings. The quantitative estimate of drug-likeness (QED) is 0.715. The molecule has 1 aliphatic carbocycles. The van der Waals surface area contributed by atoms with E-state index in [0.717, 1.165) is 36.8 Å². The molecule has 2 aromatic rings. The Bertz CT molecular complexity index is 1130. The van der Waals surface area contributed by atoms with E-state index in [1.165, 1.54) is 18.6 Å². The first-order chi connectivity index (χ1) is 16.5. The van der Waals surface area contributed by atoms with Crippen molar-refractivity contribution < 1.29 is 19.1 Å². The van der Waals surface area contributed by atoms with E-state index in [4.69, 9.17) is 0 Å². The van der Waals surface area contributed by atoms with Crippen molar-refractivity contribution in [2.24, 2.45) is 5.92 Å². The fourth-order valence-corrected chi connectivity index (χ4v) is 5.77. The molecule has 1 saturated carbocycles. The summed E-state index contributed by atoms with van der Waals surface area (Å²) in [6.45, 7) is 0.525. The number of carbonyl (C=O) groups is 2. The second kappa shape index (κ2) is 9.60. The van der Waals surface area contributed by atoms with E-state index in [1.807, 2.05) is 24.3 Å². The van der Waals surface area contributed by atoms with Crippen molar-refractivity contribution in [2.45, 2.75) is 50.1 Å². The molecule has 3 aliphatic rings. The molecule has 2 amide bonds. The first kappa shape index (κ1) is 22.6. The predicted molar refractivity (Wildman–Crippen MR) is 126 cm³/mol. The second-order valence-electron chi connectivity index (χ2n) is 9.58. The number of halogens is 1. The smallest absolute Gasteiger partial charge is 0.242 e. The van der Waals surface area contributed by atoms with Crippen LogP contribution in [0.15, 0.2) is 48.5 Å². The van der Waals surface area contributed by atoms with Gasteiger partial charge in [-0.2, -0.15) is 0 Å². The number of aliphatic hydroxyl groups excluding tert-OH is 1. The van der Waals surface area contributed by atoms with E-state index >= 15 is 0 Å². The van der Waals surface area contributed by atoms with Crippen LogP contribution in [-0.2, 0) is 9.59 Å². The monoisotopic (exact) mass is 460 g/mol. The summed E-state index contributed by atoms with van der Waals surface area (Å²) in [7, 11) is 0. The Morgan fingerprint density at radius 3 is 2.47 bits per heavy atom. The number of hydrogen-bond donors (Lipinski definition) is 1. The van der Waals surface area contributed by atoms with Gasteiger partial charge in [-0.1, -0.05) is 49.3 Å². The van der Waals surface area contributed by atoms with Gasteiger partial charge in [0.25, 0.3) is 0 Å². The topological polar surface area (TPSA) is 60.9 Å². The lowest BCUT2D eigenvalue weighted by molar-refractivity contribution is -0.168. The van der Waals surface area contributed by atoms with Gasteiger partial charge in [-0.3, -0.25) is 9.59 Å². The zero-order valence-corrected chi connectivity index (χ0v) is 19.1. The highest BCUT2D eigenvalue weighted by Gasteiger charge is 2.54. The Balaban J connectivity index is 1.32. The van der Waals surface area contributed by atoms with Crippen LogP contribution in [0.25, 0.3) is 0 Å². The maximum Gasteiger partial charge on any atom is 0.242 e. The lowest BCUT2D eigenvalue weighted by Crippen LogP contribution is -2.73. The fourth-order valence-electron chi connectivity index (χ4n) is 5.77. The number of piperazine rings is 1. The molecule has 1 N–H and O–H groups in total. The largest absolute Gasteiger partial charge is 0.394 e. The number of hydrogen-bond acceptors (Lipinski definition) is 3. The summed E-state index contributed by atoms with van der Waals surface area (Å²) < 4.78 is 13.4. The molecule has 0 bridgehead atoms. The third kappa shape index (κ3) is 4.33. The molecular formula is C28H29FN2O3. The van der Waals surface area contributed by atoms with Gasteiger partial charge in [-0.25, -0.2) is 4.39 Å². The SMILES string of the molecule is O=C(C1CCCCC1)N1CC(=O)N2[C@@H](CO)[C@H](c3ccc(C#Cc4cccc(F)c4)cc3)[C@@H]2C1. The zero-order chi connectivity index (χ0) is 23.7. The summed E-state index contributed by atoms with van der Waals surface area (Å²) in [5.74, 6) is 5.76. The molecule has 2 aliphatic heterocycles. The van der Waals surface area contributed by atoms with Gasteiger partial charge < -0.3 is 14.9 Å². The van der Waals surface area contributed by atoms with Crippen LogP contribution in [0.5, 0.6) is 0 Å². The van der Waals surface area contributed by atoms with Gasteiger partial charge in [0.1, 0.15) is 5.82 Å². The number of aliphatic hydroxyl groups is 1. The maximum absolute atomic E-state index is 13.4. The molecule has 6 heteroatoms. The van der Waals surface area contributed by atoms with Crippen molar-refractivity contribution in [3.63, 3.8) is 0 Å². The van der Waals surface area contributed by atoms with Crippen molar-refractivity contribution in [2.75, 3.05) is 19.7 Å². The van der Waals surface area contributed by atoms with Crippen molar-refractivity contribution >= 4 is 11.8 Å². The molecule has 5 rings (SSSR count). The van der Waals surface area contributed by atoms with Crippen LogP contribution >= 0.6 is 0 Å². The molecule has 176 valence electrons. The Hall–Kier alpha value is -3.17. The molecule has 0 unspecified atom stereocenters. The number of amides is 2. The van der Waals surface area contributed by atoms with Crippen LogP contribution < -0.4 is 0 Å². The van der Waals surface area contributed by atoms with E-state index in [9.17, 15) is 19.1 Å². The Labute approximate surface area is 199 Å². The van der Waals surface area contributed by atoms with E-state index in [-0.39, 0.29) is 54.7 Å². The van der Waals surface area contributed by atoms with Gasteiger partial charge in [0.2, 0.25) is 11.8 Å². The molecule has 3 atom stereocenters. The summed E-state index contributed by atoms with van der Waals surface area (Å²) >= 11 is 0. The summed E-state index contributed by atoms with van der Waals surface area (Å²) in [6, 6.07) is 13.6. The van der Waals surface area contributed by atoms with E-state index < -0.39 is 0 Å². The maximum atomic E-state index is 13.4. The Morgan fingerprint density at radius 1 is 1.03 bits per heavy atom. The third-order valence-corrected chi connectivity index (χ3v) is 7.49. The number of rotatable bonds is 3. The van der Waals surface area contributed by atoms with Crippen LogP contribution in [0.3, 0.4) is 0 Å². The van der Waals surface area contributed by atoms with Crippen molar-refractivity contribution in [3.8, 4) is 11.8 Å². The van der Waals surface area contributed by atoms with Crippen LogP contribution in [0.1, 0.15) is 54.7 Å². The molecule has 2 heterocycles. The fraction of sp³-hybridized carbons (Fsp3) is 0.429. The zero-order valence-electron chi connectivity index (χ0n) is 19.1. The lowest BCUT2D eigenvalue weighted by Gasteiger charge is -2.59. The van der Waals surface area contributed by atoms with Crippen LogP contribution in [0.4, 0.5) is 4.39 Å². The Morgan fingerprint density at radius 2 is 1.76 bits per heavy atom. The molecule has 0 aromatic heterocycles. The average Bonchev–Trinajstić information content (AvgIpc) is 2.85. The van der Waals surface area contributed by atoms with Crippen molar-refractivity contribution in [3.05, 3.63) is 71.0 Å². The molecule has 34 heavy (non-hydrogen) atoms. The van der Waals surface area contributed by atoms with Gasteiger partial charge in [0.05, 0.1) is 25.2 Å². The summed E-state index contributed by atoms with van der Waals surface area (Å²) in [5, 5.41) is 10.0. The molecule has 2 saturated heterocycles. The predicted octanol–water partition coefficient (Wildman–Crippen LogP) is 3.30. The molecule has 0 radical (unpaired) electrons. The van der Waals surface area contributed by atoms with Gasteiger partial charge in [-0.15, -0.1) is 0 Å². The summed E-state index contributed by atoms with van der Waals surface area (Å²) in [5.41, 5.74) is 2.44. The second-order valence-corrected chi connectivity index (χ2v) is 9.58. The number of carbonyl (C=O) groups excluding carboxylic acids is 2. The number of nitrogens with zero attached hydrogens (tertiary/aromatic N) is 2. The van der Waals surface area contributed by atoms with Crippen molar-refractivity contribution in [1.29, 1.82) is 0 Å². The normalized spacial score (nSPS) is 24.6. The minimum atomic E-state index is -0.315. The third-order valence-electron chi connectivity index (χ3n) is 7.49. The van der Waals surface area contributed by atoms with E-state index in [0.29, 0.717) is 12.1 Å². The minimum Gasteiger partial charge on any atom is -0.394 e. The highest BCUT2D eigenvalue weighted by Crippen LogP contribution is 2.43. The van der Waals surface area contributed by atoms with Crippen LogP contribution in [0.2, 0.25) is 0 Å². The van der Waals surface area contributed by atoms with Gasteiger partial charge in [0, 0.05) is 29.5 Å². The van der Waals surface area contributed by atoms with Crippen LogP contribution in [0, 0.1) is 23.6 Å². The number of fused-ring (bicyclic) bond motifs is 1. The minimum absolute atomic E-state index is 0.0267. The molecule has 5 nitrogen and oxygen atoms in total. The summed E-state index contributed by atoms with van der Waals surface area (Å²) in [6.07, 6.45) is 5.17. The van der Waals surface area contributed by atoms with Crippen LogP contribution in [-0.4, -0.2) is 58.5 Å². The van der Waals surface area contributed by atoms with E-state index in [2.05, 4.69) is 11.8 Å². The standard InChI is InChI=1S/C28H29FN2O3/c29-23-8-4-5-20(15-23)10-9-19-11-13-21(14-12-19)27-24-16-30(17-26(33)31(24)25(27)18-32)28(34)22-6-2-1-3-7-22/h4-5,8,11-15,22,24-25,27,32H,1-3,6-7,16-18H2/t24-,25-,27+/m0/s1. The molecule has 0 spiro atoms. The molecular weight excluding hydrogens is 431 g/mol. The van der Waals surface area contributed by atoms with Crippen molar-refractivity contribution in [1.82, 2.24) is 9.80 Å². The highest BCUT2D eigenvalue weighted by molar-refractivity contribution is 5.88. The van der Waals surface area contributed by atoms with Gasteiger partial charge >= 0.3 is 0 Å². The summed E-state index contributed by atoms with van der Waals surface area (Å²) in [4.78, 5) is 29.5. The van der Waals surface area contributed by atoms with Gasteiger partial charge in [0.15, 0.2) is 0 Å². The lowest BCUT2D eigenvalue weighted by atomic mass is 9.73. The average molecular weight is 461 g/mol. The first-order valence-corrected chi connectivity index (χ1v) is 12.1. The van der Waals surface area contributed by atoms with E-state index in [1.54, 1.807) is 21.9 Å². The Kier molecular flexibility index (Phi) is 6.38. The molecule has 2 aromatic carbocycles. The number of benzene rings is 2. The first-order valence-electron chi connectivity index (χ1n) is 12.1. The highest BCUT2D eigenvalue weighted by atomic mass is 19.1. The van der Waals surface area contributed by atoms with Gasteiger partial charge in [-0.05, 0) is 48.7 Å².